The van der Waals surface area contributed by atoms with Gasteiger partial charge in [0.15, 0.2) is 4.60 Å². The largest absolute Gasteiger partial charge is 0.391 e. The number of aromatic nitrogens is 3. The molecule has 1 fully saturated rings. The van der Waals surface area contributed by atoms with Gasteiger partial charge in [0, 0.05) is 7.05 Å². The van der Waals surface area contributed by atoms with Crippen molar-refractivity contribution in [2.24, 2.45) is 18.9 Å². The van der Waals surface area contributed by atoms with Gasteiger partial charge in [-0.2, -0.15) is 13.2 Å². The maximum absolute atomic E-state index is 12.7. The highest BCUT2D eigenvalue weighted by molar-refractivity contribution is 9.10. The lowest BCUT2D eigenvalue weighted by molar-refractivity contribution is -0.184. The summed E-state index contributed by atoms with van der Waals surface area (Å²) < 4.78 is 40.4. The lowest BCUT2D eigenvalue weighted by Gasteiger charge is -2.34. The van der Waals surface area contributed by atoms with Crippen LogP contribution in [0.25, 0.3) is 0 Å². The maximum Gasteiger partial charge on any atom is 0.391 e. The molecule has 1 aromatic heterocycles. The maximum atomic E-state index is 12.7. The van der Waals surface area contributed by atoms with Crippen LogP contribution in [0.2, 0.25) is 0 Å². The first-order chi connectivity index (χ1) is 9.34. The van der Waals surface area contributed by atoms with E-state index in [0.717, 1.165) is 5.69 Å². The second-order valence-corrected chi connectivity index (χ2v) is 6.06. The second kappa shape index (κ2) is 6.01. The van der Waals surface area contributed by atoms with Gasteiger partial charge in [-0.1, -0.05) is 5.21 Å². The summed E-state index contributed by atoms with van der Waals surface area (Å²) in [6, 6.07) is -0.0291. The lowest BCUT2D eigenvalue weighted by atomic mass is 9.77. The molecule has 0 spiro atoms. The second-order valence-electron chi connectivity index (χ2n) is 5.31. The monoisotopic (exact) mass is 354 g/mol. The Hall–Kier alpha value is -0.630. The van der Waals surface area contributed by atoms with Crippen molar-refractivity contribution in [3.05, 3.63) is 10.3 Å². The van der Waals surface area contributed by atoms with Crippen molar-refractivity contribution >= 4 is 15.9 Å². The number of hydrogen-bond donors (Lipinski definition) is 1. The summed E-state index contributed by atoms with van der Waals surface area (Å²) in [5, 5.41) is 11.1. The average molecular weight is 355 g/mol. The van der Waals surface area contributed by atoms with Crippen molar-refractivity contribution in [1.29, 1.82) is 0 Å². The summed E-state index contributed by atoms with van der Waals surface area (Å²) in [6.07, 6.45) is -2.53. The summed E-state index contributed by atoms with van der Waals surface area (Å²) >= 11 is 3.35. The van der Waals surface area contributed by atoms with Crippen LogP contribution in [0.15, 0.2) is 4.60 Å². The molecule has 1 unspecified atom stereocenters. The zero-order valence-electron chi connectivity index (χ0n) is 11.4. The van der Waals surface area contributed by atoms with Gasteiger partial charge in [-0.15, -0.1) is 5.10 Å². The van der Waals surface area contributed by atoms with Gasteiger partial charge in [0.25, 0.3) is 0 Å². The molecule has 0 radical (unpaired) electrons. The van der Waals surface area contributed by atoms with Crippen molar-refractivity contribution in [3.63, 3.8) is 0 Å². The van der Waals surface area contributed by atoms with E-state index in [0.29, 0.717) is 17.4 Å². The highest BCUT2D eigenvalue weighted by Gasteiger charge is 2.43. The SMILES string of the molecule is CNC(c1c(Br)nnn1C)C1CCC(C(F)(F)F)CC1. The Bertz CT molecular complexity index is 433. The van der Waals surface area contributed by atoms with E-state index < -0.39 is 12.1 Å². The van der Waals surface area contributed by atoms with Crippen molar-refractivity contribution < 1.29 is 13.2 Å². The smallest absolute Gasteiger partial charge is 0.311 e. The zero-order valence-corrected chi connectivity index (χ0v) is 13.0. The van der Waals surface area contributed by atoms with Gasteiger partial charge in [0.05, 0.1) is 17.7 Å². The predicted molar refractivity (Wildman–Crippen MR) is 72.0 cm³/mol. The van der Waals surface area contributed by atoms with Crippen molar-refractivity contribution in [1.82, 2.24) is 20.3 Å². The molecule has 4 nitrogen and oxygen atoms in total. The Morgan fingerprint density at radius 3 is 2.30 bits per heavy atom. The fraction of sp³-hybridized carbons (Fsp3) is 0.833. The minimum atomic E-state index is -4.06. The Morgan fingerprint density at radius 1 is 1.30 bits per heavy atom. The molecule has 0 saturated heterocycles. The molecule has 0 amide bonds. The number of aryl methyl sites for hydroxylation is 1. The number of rotatable bonds is 3. The van der Waals surface area contributed by atoms with E-state index in [2.05, 4.69) is 31.6 Å². The Balaban J connectivity index is 2.08. The van der Waals surface area contributed by atoms with Crippen LogP contribution in [-0.2, 0) is 7.05 Å². The minimum Gasteiger partial charge on any atom is -0.311 e. The van der Waals surface area contributed by atoms with Gasteiger partial charge in [0.2, 0.25) is 0 Å². The highest BCUT2D eigenvalue weighted by Crippen LogP contribution is 2.43. The molecule has 114 valence electrons. The summed E-state index contributed by atoms with van der Waals surface area (Å²) in [5.74, 6) is -0.976. The fourth-order valence-corrected chi connectivity index (χ4v) is 3.62. The van der Waals surface area contributed by atoms with Gasteiger partial charge >= 0.3 is 6.18 Å². The van der Waals surface area contributed by atoms with Gasteiger partial charge in [-0.3, -0.25) is 0 Å². The van der Waals surface area contributed by atoms with Crippen LogP contribution >= 0.6 is 15.9 Å². The Morgan fingerprint density at radius 2 is 1.90 bits per heavy atom. The number of nitrogens with one attached hydrogen (secondary N) is 1. The Kier molecular flexibility index (Phi) is 4.73. The molecule has 2 rings (SSSR count). The van der Waals surface area contributed by atoms with Gasteiger partial charge in [-0.25, -0.2) is 4.68 Å². The van der Waals surface area contributed by atoms with Crippen molar-refractivity contribution in [3.8, 4) is 0 Å². The third-order valence-electron chi connectivity index (χ3n) is 4.14. The summed E-state index contributed by atoms with van der Waals surface area (Å²) in [7, 11) is 3.61. The summed E-state index contributed by atoms with van der Waals surface area (Å²) in [6.45, 7) is 0. The van der Waals surface area contributed by atoms with E-state index in [1.54, 1.807) is 11.7 Å². The third-order valence-corrected chi connectivity index (χ3v) is 4.70. The molecule has 1 saturated carbocycles. The summed E-state index contributed by atoms with van der Waals surface area (Å²) in [5.41, 5.74) is 0.892. The molecule has 1 aliphatic rings. The van der Waals surface area contributed by atoms with E-state index in [1.807, 2.05) is 7.05 Å². The number of nitrogens with zero attached hydrogens (tertiary/aromatic N) is 3. The zero-order chi connectivity index (χ0) is 14.9. The average Bonchev–Trinajstić information content (AvgIpc) is 2.71. The van der Waals surface area contributed by atoms with Crippen LogP contribution in [-0.4, -0.2) is 28.2 Å². The molecular formula is C12H18BrF3N4. The van der Waals surface area contributed by atoms with Crippen molar-refractivity contribution in [2.75, 3.05) is 7.05 Å². The number of hydrogen-bond acceptors (Lipinski definition) is 3. The summed E-state index contributed by atoms with van der Waals surface area (Å²) in [4.78, 5) is 0. The quantitative estimate of drug-likeness (QED) is 0.906. The minimum absolute atomic E-state index is 0.0291. The van der Waals surface area contributed by atoms with E-state index >= 15 is 0 Å². The molecule has 1 atom stereocenters. The van der Waals surface area contributed by atoms with Crippen LogP contribution in [0.3, 0.4) is 0 Å². The molecule has 1 aliphatic carbocycles. The van der Waals surface area contributed by atoms with Gasteiger partial charge in [0.1, 0.15) is 0 Å². The molecule has 8 heteroatoms. The van der Waals surface area contributed by atoms with E-state index in [9.17, 15) is 13.2 Å². The standard InChI is InChI=1S/C12H18BrF3N4/c1-17-9(10-11(13)18-19-20(10)2)7-3-5-8(6-4-7)12(14,15)16/h7-9,17H,3-6H2,1-2H3. The third kappa shape index (κ3) is 3.16. The van der Waals surface area contributed by atoms with Crippen LogP contribution in [0.4, 0.5) is 13.2 Å². The highest BCUT2D eigenvalue weighted by atomic mass is 79.9. The molecule has 1 heterocycles. The molecule has 1 N–H and O–H groups in total. The lowest BCUT2D eigenvalue weighted by Crippen LogP contribution is -2.34. The molecule has 0 aromatic carbocycles. The number of halogens is 4. The first-order valence-electron chi connectivity index (χ1n) is 6.63. The Labute approximate surface area is 124 Å². The van der Waals surface area contributed by atoms with E-state index in [-0.39, 0.29) is 24.8 Å². The van der Waals surface area contributed by atoms with Crippen LogP contribution < -0.4 is 5.32 Å². The van der Waals surface area contributed by atoms with Crippen LogP contribution in [0.1, 0.15) is 37.4 Å². The number of alkyl halides is 3. The van der Waals surface area contributed by atoms with Crippen LogP contribution in [0, 0.1) is 11.8 Å². The first kappa shape index (κ1) is 15.8. The van der Waals surface area contributed by atoms with E-state index in [4.69, 9.17) is 0 Å². The van der Waals surface area contributed by atoms with Gasteiger partial charge < -0.3 is 5.32 Å². The van der Waals surface area contributed by atoms with Crippen molar-refractivity contribution in [2.45, 2.75) is 37.9 Å². The normalized spacial score (nSPS) is 25.7. The molecule has 1 aromatic rings. The van der Waals surface area contributed by atoms with Gasteiger partial charge in [-0.05, 0) is 54.6 Å². The molecular weight excluding hydrogens is 337 g/mol. The van der Waals surface area contributed by atoms with E-state index in [1.165, 1.54) is 0 Å². The first-order valence-corrected chi connectivity index (χ1v) is 7.43. The van der Waals surface area contributed by atoms with Crippen LogP contribution in [0.5, 0.6) is 0 Å². The predicted octanol–water partition coefficient (Wildman–Crippen LogP) is 3.21. The fourth-order valence-electron chi connectivity index (χ4n) is 3.04. The molecule has 0 aliphatic heterocycles. The molecule has 20 heavy (non-hydrogen) atoms. The topological polar surface area (TPSA) is 42.7 Å². The molecule has 0 bridgehead atoms.